The number of carbonyl (C=O) groups excluding carboxylic acids is 1. The third-order valence-corrected chi connectivity index (χ3v) is 4.69. The number of carbonyl (C=O) groups is 1. The summed E-state index contributed by atoms with van der Waals surface area (Å²) in [4.78, 5) is 25.1. The van der Waals surface area contributed by atoms with E-state index in [1.54, 1.807) is 6.07 Å². The van der Waals surface area contributed by atoms with Crippen LogP contribution < -0.4 is 10.1 Å². The average molecular weight is 369 g/mol. The number of amides is 1. The molecule has 2 heterocycles. The number of rotatable bonds is 7. The number of ether oxygens (including phenoxy) is 1. The van der Waals surface area contributed by atoms with Crippen molar-refractivity contribution in [1.82, 2.24) is 19.8 Å². The van der Waals surface area contributed by atoms with E-state index < -0.39 is 0 Å². The Morgan fingerprint density at radius 2 is 1.85 bits per heavy atom. The molecular formula is C20H27N5O2. The van der Waals surface area contributed by atoms with E-state index in [0.29, 0.717) is 24.7 Å². The van der Waals surface area contributed by atoms with Crippen molar-refractivity contribution in [2.45, 2.75) is 20.3 Å². The zero-order chi connectivity index (χ0) is 19.1. The first-order chi connectivity index (χ1) is 13.2. The molecular weight excluding hydrogens is 342 g/mol. The molecule has 0 atom stereocenters. The lowest BCUT2D eigenvalue weighted by molar-refractivity contribution is -0.132. The van der Waals surface area contributed by atoms with Crippen molar-refractivity contribution in [3.05, 3.63) is 42.2 Å². The van der Waals surface area contributed by atoms with Gasteiger partial charge in [0.1, 0.15) is 12.1 Å². The second-order valence-electron chi connectivity index (χ2n) is 6.49. The molecule has 0 aliphatic carbocycles. The van der Waals surface area contributed by atoms with Crippen molar-refractivity contribution in [3.63, 3.8) is 0 Å². The van der Waals surface area contributed by atoms with E-state index in [0.717, 1.165) is 44.0 Å². The SMILES string of the molecule is CCOc1cc(Nc2ccc(CC(=O)N3CCN(CC)CC3)cc2)ncn1. The Balaban J connectivity index is 1.54. The maximum absolute atomic E-state index is 12.5. The molecule has 3 rings (SSSR count). The highest BCUT2D eigenvalue weighted by molar-refractivity contribution is 5.79. The van der Waals surface area contributed by atoms with E-state index in [-0.39, 0.29) is 5.91 Å². The molecule has 0 radical (unpaired) electrons. The summed E-state index contributed by atoms with van der Waals surface area (Å²) in [5.41, 5.74) is 1.92. The number of hydrogen-bond donors (Lipinski definition) is 1. The molecule has 1 amide bonds. The maximum atomic E-state index is 12.5. The Hall–Kier alpha value is -2.67. The Morgan fingerprint density at radius 3 is 2.52 bits per heavy atom. The van der Waals surface area contributed by atoms with Crippen LogP contribution in [0.1, 0.15) is 19.4 Å². The molecule has 1 N–H and O–H groups in total. The van der Waals surface area contributed by atoms with E-state index in [4.69, 9.17) is 4.74 Å². The second-order valence-corrected chi connectivity index (χ2v) is 6.49. The minimum absolute atomic E-state index is 0.198. The lowest BCUT2D eigenvalue weighted by atomic mass is 10.1. The van der Waals surface area contributed by atoms with E-state index in [9.17, 15) is 4.79 Å². The van der Waals surface area contributed by atoms with Gasteiger partial charge in [-0.25, -0.2) is 9.97 Å². The van der Waals surface area contributed by atoms with Gasteiger partial charge in [-0.3, -0.25) is 4.79 Å². The fraction of sp³-hybridized carbons (Fsp3) is 0.450. The van der Waals surface area contributed by atoms with E-state index in [1.807, 2.05) is 36.1 Å². The van der Waals surface area contributed by atoms with Gasteiger partial charge in [-0.05, 0) is 31.2 Å². The topological polar surface area (TPSA) is 70.6 Å². The molecule has 0 saturated carbocycles. The smallest absolute Gasteiger partial charge is 0.227 e. The van der Waals surface area contributed by atoms with Crippen LogP contribution in [0.5, 0.6) is 5.88 Å². The predicted molar refractivity (Wildman–Crippen MR) is 105 cm³/mol. The molecule has 0 bridgehead atoms. The van der Waals surface area contributed by atoms with Crippen LogP contribution in [0.25, 0.3) is 0 Å². The summed E-state index contributed by atoms with van der Waals surface area (Å²) in [5, 5.41) is 3.23. The normalized spacial score (nSPS) is 14.8. The number of nitrogens with zero attached hydrogens (tertiary/aromatic N) is 4. The van der Waals surface area contributed by atoms with Gasteiger partial charge in [0.25, 0.3) is 0 Å². The van der Waals surface area contributed by atoms with Gasteiger partial charge in [0, 0.05) is 37.9 Å². The minimum atomic E-state index is 0.198. The lowest BCUT2D eigenvalue weighted by Crippen LogP contribution is -2.48. The zero-order valence-electron chi connectivity index (χ0n) is 16.0. The van der Waals surface area contributed by atoms with E-state index >= 15 is 0 Å². The molecule has 1 aromatic heterocycles. The predicted octanol–water partition coefficient (Wildman–Crippen LogP) is 2.33. The molecule has 7 heteroatoms. The number of piperazine rings is 1. The Kier molecular flexibility index (Phi) is 6.59. The summed E-state index contributed by atoms with van der Waals surface area (Å²) in [6.45, 7) is 9.26. The lowest BCUT2D eigenvalue weighted by Gasteiger charge is -2.34. The van der Waals surface area contributed by atoms with Crippen molar-refractivity contribution in [2.75, 3.05) is 44.6 Å². The van der Waals surface area contributed by atoms with Crippen LogP contribution in [0.3, 0.4) is 0 Å². The van der Waals surface area contributed by atoms with Gasteiger partial charge in [0.2, 0.25) is 11.8 Å². The minimum Gasteiger partial charge on any atom is -0.478 e. The second kappa shape index (κ2) is 9.32. The van der Waals surface area contributed by atoms with Gasteiger partial charge in [-0.2, -0.15) is 0 Å². The van der Waals surface area contributed by atoms with Crippen molar-refractivity contribution < 1.29 is 9.53 Å². The van der Waals surface area contributed by atoms with Gasteiger partial charge in [-0.1, -0.05) is 19.1 Å². The Morgan fingerprint density at radius 1 is 1.11 bits per heavy atom. The fourth-order valence-electron chi connectivity index (χ4n) is 3.09. The first-order valence-corrected chi connectivity index (χ1v) is 9.49. The van der Waals surface area contributed by atoms with Crippen LogP contribution in [-0.2, 0) is 11.2 Å². The van der Waals surface area contributed by atoms with Crippen LogP contribution in [-0.4, -0.2) is 65.0 Å². The largest absolute Gasteiger partial charge is 0.478 e. The number of hydrogen-bond acceptors (Lipinski definition) is 6. The molecule has 1 aromatic carbocycles. The zero-order valence-corrected chi connectivity index (χ0v) is 16.0. The Labute approximate surface area is 160 Å². The molecule has 1 aliphatic rings. The molecule has 0 spiro atoms. The van der Waals surface area contributed by atoms with Crippen LogP contribution in [0.2, 0.25) is 0 Å². The number of aromatic nitrogens is 2. The van der Waals surface area contributed by atoms with Crippen LogP contribution in [0, 0.1) is 0 Å². The first-order valence-electron chi connectivity index (χ1n) is 9.49. The van der Waals surface area contributed by atoms with Crippen LogP contribution in [0.4, 0.5) is 11.5 Å². The maximum Gasteiger partial charge on any atom is 0.227 e. The summed E-state index contributed by atoms with van der Waals surface area (Å²) in [6.07, 6.45) is 1.91. The fourth-order valence-corrected chi connectivity index (χ4v) is 3.09. The molecule has 144 valence electrons. The summed E-state index contributed by atoms with van der Waals surface area (Å²) in [6, 6.07) is 9.64. The molecule has 7 nitrogen and oxygen atoms in total. The van der Waals surface area contributed by atoms with Crippen molar-refractivity contribution >= 4 is 17.4 Å². The number of likely N-dealkylation sites (N-methyl/N-ethyl adjacent to an activating group) is 1. The summed E-state index contributed by atoms with van der Waals surface area (Å²) in [7, 11) is 0. The number of nitrogens with one attached hydrogen (secondary N) is 1. The molecule has 27 heavy (non-hydrogen) atoms. The highest BCUT2D eigenvalue weighted by atomic mass is 16.5. The first kappa shape index (κ1) is 19.1. The third-order valence-electron chi connectivity index (χ3n) is 4.69. The van der Waals surface area contributed by atoms with E-state index in [1.165, 1.54) is 6.33 Å². The Bertz CT molecular complexity index is 742. The molecule has 1 fully saturated rings. The molecule has 1 aliphatic heterocycles. The number of anilines is 2. The monoisotopic (exact) mass is 369 g/mol. The summed E-state index contributed by atoms with van der Waals surface area (Å²) >= 11 is 0. The van der Waals surface area contributed by atoms with Gasteiger partial charge in [0.05, 0.1) is 13.0 Å². The van der Waals surface area contributed by atoms with Crippen molar-refractivity contribution in [1.29, 1.82) is 0 Å². The van der Waals surface area contributed by atoms with Gasteiger partial charge in [0.15, 0.2) is 0 Å². The quantitative estimate of drug-likeness (QED) is 0.808. The highest BCUT2D eigenvalue weighted by Gasteiger charge is 2.20. The van der Waals surface area contributed by atoms with E-state index in [2.05, 4.69) is 27.1 Å². The summed E-state index contributed by atoms with van der Waals surface area (Å²) < 4.78 is 5.38. The highest BCUT2D eigenvalue weighted by Crippen LogP contribution is 2.18. The van der Waals surface area contributed by atoms with Gasteiger partial charge in [-0.15, -0.1) is 0 Å². The van der Waals surface area contributed by atoms with Crippen molar-refractivity contribution in [2.24, 2.45) is 0 Å². The summed E-state index contributed by atoms with van der Waals surface area (Å²) in [5.74, 6) is 1.41. The molecule has 2 aromatic rings. The number of benzene rings is 1. The molecule has 1 saturated heterocycles. The van der Waals surface area contributed by atoms with Crippen molar-refractivity contribution in [3.8, 4) is 5.88 Å². The van der Waals surface area contributed by atoms with Crippen LogP contribution >= 0.6 is 0 Å². The average Bonchev–Trinajstić information content (AvgIpc) is 2.70. The standard InChI is InChI=1S/C20H27N5O2/c1-3-24-9-11-25(12-10-24)20(26)13-16-5-7-17(8-6-16)23-18-14-19(27-4-2)22-15-21-18/h5-8,14-15H,3-4,9-13H2,1-2H3,(H,21,22,23). The van der Waals surface area contributed by atoms with Gasteiger partial charge < -0.3 is 19.9 Å². The van der Waals surface area contributed by atoms with Gasteiger partial charge >= 0.3 is 0 Å². The van der Waals surface area contributed by atoms with Crippen LogP contribution in [0.15, 0.2) is 36.7 Å². The molecule has 0 unspecified atom stereocenters. The third kappa shape index (κ3) is 5.40.